The second-order valence-corrected chi connectivity index (χ2v) is 4.80. The fraction of sp³-hybridized carbons (Fsp3) is 0.636. The van der Waals surface area contributed by atoms with Gasteiger partial charge in [-0.25, -0.2) is 4.98 Å². The van der Waals surface area contributed by atoms with E-state index in [-0.39, 0.29) is 5.56 Å². The van der Waals surface area contributed by atoms with Crippen molar-refractivity contribution in [1.82, 2.24) is 9.97 Å². The lowest BCUT2D eigenvalue weighted by Gasteiger charge is -2.32. The molecule has 0 atom stereocenters. The molecule has 1 N–H and O–H groups in total. The van der Waals surface area contributed by atoms with Crippen LogP contribution in [0, 0.1) is 0 Å². The molecule has 1 aromatic heterocycles. The van der Waals surface area contributed by atoms with E-state index in [1.807, 2.05) is 6.92 Å². The molecule has 0 aromatic carbocycles. The molecule has 1 aromatic rings. The highest BCUT2D eigenvalue weighted by Crippen LogP contribution is 2.23. The highest BCUT2D eigenvalue weighted by Gasteiger charge is 2.22. The molecule has 0 bridgehead atoms. The highest BCUT2D eigenvalue weighted by molar-refractivity contribution is 9.10. The molecule has 17 heavy (non-hydrogen) atoms. The molecule has 1 aliphatic rings. The molecule has 1 fully saturated rings. The van der Waals surface area contributed by atoms with Crippen LogP contribution in [-0.2, 0) is 4.74 Å². The number of aromatic nitrogens is 2. The first-order valence-corrected chi connectivity index (χ1v) is 6.61. The standard InChI is InChI=1S/C11H16BrN3O2/c1-2-17-8-3-5-15(6-4-8)10-9(12)11(16)14-7-13-10/h7-8H,2-6H2,1H3,(H,13,14,16). The van der Waals surface area contributed by atoms with E-state index in [0.29, 0.717) is 10.6 Å². The van der Waals surface area contributed by atoms with Gasteiger partial charge in [-0.2, -0.15) is 0 Å². The number of piperidine rings is 1. The van der Waals surface area contributed by atoms with Crippen LogP contribution in [0.2, 0.25) is 0 Å². The van der Waals surface area contributed by atoms with Gasteiger partial charge < -0.3 is 14.6 Å². The first-order valence-electron chi connectivity index (χ1n) is 5.82. The average Bonchev–Trinajstić information content (AvgIpc) is 2.34. The van der Waals surface area contributed by atoms with Gasteiger partial charge in [-0.05, 0) is 35.7 Å². The van der Waals surface area contributed by atoms with E-state index in [1.165, 1.54) is 6.33 Å². The second-order valence-electron chi connectivity index (χ2n) is 4.01. The predicted molar refractivity (Wildman–Crippen MR) is 69.4 cm³/mol. The Morgan fingerprint density at radius 2 is 2.29 bits per heavy atom. The molecule has 6 heteroatoms. The normalized spacial score (nSPS) is 17.4. The Kier molecular flexibility index (Phi) is 4.17. The minimum absolute atomic E-state index is 0.137. The Hall–Kier alpha value is -0.880. The van der Waals surface area contributed by atoms with Gasteiger partial charge in [0.25, 0.3) is 5.56 Å². The Bertz CT molecular complexity index is 427. The minimum atomic E-state index is -0.137. The minimum Gasteiger partial charge on any atom is -0.378 e. The summed E-state index contributed by atoms with van der Waals surface area (Å²) in [7, 11) is 0. The number of ether oxygens (including phenoxy) is 1. The van der Waals surface area contributed by atoms with E-state index < -0.39 is 0 Å². The molecule has 1 aliphatic heterocycles. The van der Waals surface area contributed by atoms with Gasteiger partial charge in [0.2, 0.25) is 0 Å². The SMILES string of the molecule is CCOC1CCN(c2nc[nH]c(=O)c2Br)CC1. The van der Waals surface area contributed by atoms with Gasteiger partial charge in [-0.3, -0.25) is 4.79 Å². The Balaban J connectivity index is 2.05. The zero-order chi connectivity index (χ0) is 12.3. The Labute approximate surface area is 108 Å². The lowest BCUT2D eigenvalue weighted by atomic mass is 10.1. The topological polar surface area (TPSA) is 58.2 Å². The molecule has 0 saturated carbocycles. The first-order chi connectivity index (χ1) is 8.22. The summed E-state index contributed by atoms with van der Waals surface area (Å²) in [6.45, 7) is 4.53. The molecule has 2 rings (SSSR count). The summed E-state index contributed by atoms with van der Waals surface area (Å²) in [5.41, 5.74) is -0.137. The summed E-state index contributed by atoms with van der Waals surface area (Å²) in [6.07, 6.45) is 3.75. The smallest absolute Gasteiger partial charge is 0.267 e. The molecule has 0 unspecified atom stereocenters. The maximum Gasteiger partial charge on any atom is 0.267 e. The second kappa shape index (κ2) is 5.64. The van der Waals surface area contributed by atoms with E-state index in [2.05, 4.69) is 30.8 Å². The molecule has 0 spiro atoms. The number of hydrogen-bond acceptors (Lipinski definition) is 4. The van der Waals surface area contributed by atoms with Crippen LogP contribution in [-0.4, -0.2) is 35.8 Å². The number of rotatable bonds is 3. The van der Waals surface area contributed by atoms with Crippen molar-refractivity contribution in [2.75, 3.05) is 24.6 Å². The van der Waals surface area contributed by atoms with Crippen molar-refractivity contribution < 1.29 is 4.74 Å². The van der Waals surface area contributed by atoms with Crippen LogP contribution in [0.4, 0.5) is 5.82 Å². The molecule has 5 nitrogen and oxygen atoms in total. The Morgan fingerprint density at radius 3 is 2.94 bits per heavy atom. The van der Waals surface area contributed by atoms with Crippen LogP contribution in [0.1, 0.15) is 19.8 Å². The third-order valence-electron chi connectivity index (χ3n) is 2.92. The Morgan fingerprint density at radius 1 is 1.59 bits per heavy atom. The number of nitrogens with zero attached hydrogens (tertiary/aromatic N) is 2. The maximum absolute atomic E-state index is 11.5. The summed E-state index contributed by atoms with van der Waals surface area (Å²) >= 11 is 3.28. The van der Waals surface area contributed by atoms with Crippen molar-refractivity contribution in [3.8, 4) is 0 Å². The number of halogens is 1. The number of H-pyrrole nitrogens is 1. The van der Waals surface area contributed by atoms with Crippen molar-refractivity contribution in [3.05, 3.63) is 21.2 Å². The lowest BCUT2D eigenvalue weighted by Crippen LogP contribution is -2.38. The van der Waals surface area contributed by atoms with Crippen LogP contribution < -0.4 is 10.5 Å². The van der Waals surface area contributed by atoms with E-state index in [4.69, 9.17) is 4.74 Å². The van der Waals surface area contributed by atoms with Gasteiger partial charge >= 0.3 is 0 Å². The largest absolute Gasteiger partial charge is 0.378 e. The van der Waals surface area contributed by atoms with Crippen molar-refractivity contribution in [1.29, 1.82) is 0 Å². The molecule has 0 aliphatic carbocycles. The van der Waals surface area contributed by atoms with Crippen LogP contribution in [0.25, 0.3) is 0 Å². The zero-order valence-corrected chi connectivity index (χ0v) is 11.4. The predicted octanol–water partition coefficient (Wildman–Crippen LogP) is 1.54. The monoisotopic (exact) mass is 301 g/mol. The summed E-state index contributed by atoms with van der Waals surface area (Å²) in [6, 6.07) is 0. The van der Waals surface area contributed by atoms with Crippen LogP contribution in [0.5, 0.6) is 0 Å². The highest BCUT2D eigenvalue weighted by atomic mass is 79.9. The van der Waals surface area contributed by atoms with Crippen LogP contribution in [0.15, 0.2) is 15.6 Å². The van der Waals surface area contributed by atoms with Gasteiger partial charge in [-0.1, -0.05) is 0 Å². The van der Waals surface area contributed by atoms with Crippen LogP contribution >= 0.6 is 15.9 Å². The fourth-order valence-corrected chi connectivity index (χ4v) is 2.53. The van der Waals surface area contributed by atoms with Crippen molar-refractivity contribution in [2.24, 2.45) is 0 Å². The molecular weight excluding hydrogens is 286 g/mol. The average molecular weight is 302 g/mol. The van der Waals surface area contributed by atoms with Gasteiger partial charge in [0.1, 0.15) is 10.3 Å². The fourth-order valence-electron chi connectivity index (χ4n) is 2.06. The zero-order valence-electron chi connectivity index (χ0n) is 9.78. The lowest BCUT2D eigenvalue weighted by molar-refractivity contribution is 0.0458. The molecule has 2 heterocycles. The number of hydrogen-bond donors (Lipinski definition) is 1. The quantitative estimate of drug-likeness (QED) is 0.920. The van der Waals surface area contributed by atoms with Gasteiger partial charge in [0.15, 0.2) is 0 Å². The van der Waals surface area contributed by atoms with Crippen LogP contribution in [0.3, 0.4) is 0 Å². The molecule has 0 amide bonds. The maximum atomic E-state index is 11.5. The van der Waals surface area contributed by atoms with E-state index in [9.17, 15) is 4.79 Å². The summed E-state index contributed by atoms with van der Waals surface area (Å²) in [5, 5.41) is 0. The van der Waals surface area contributed by atoms with E-state index >= 15 is 0 Å². The molecule has 94 valence electrons. The number of aromatic amines is 1. The molecule has 0 radical (unpaired) electrons. The summed E-state index contributed by atoms with van der Waals surface area (Å²) < 4.78 is 6.10. The molecule has 1 saturated heterocycles. The molecular formula is C11H16BrN3O2. The van der Waals surface area contributed by atoms with E-state index in [0.717, 1.165) is 38.4 Å². The summed E-state index contributed by atoms with van der Waals surface area (Å²) in [5.74, 6) is 0.726. The van der Waals surface area contributed by atoms with Crippen molar-refractivity contribution in [3.63, 3.8) is 0 Å². The van der Waals surface area contributed by atoms with Crippen molar-refractivity contribution in [2.45, 2.75) is 25.9 Å². The van der Waals surface area contributed by atoms with Gasteiger partial charge in [-0.15, -0.1) is 0 Å². The van der Waals surface area contributed by atoms with Crippen molar-refractivity contribution >= 4 is 21.7 Å². The summed E-state index contributed by atoms with van der Waals surface area (Å²) in [4.78, 5) is 20.3. The van der Waals surface area contributed by atoms with Gasteiger partial charge in [0, 0.05) is 19.7 Å². The van der Waals surface area contributed by atoms with E-state index in [1.54, 1.807) is 0 Å². The third kappa shape index (κ3) is 2.87. The number of nitrogens with one attached hydrogen (secondary N) is 1. The van der Waals surface area contributed by atoms with Gasteiger partial charge in [0.05, 0.1) is 12.4 Å². The number of anilines is 1. The first kappa shape index (κ1) is 12.6. The third-order valence-corrected chi connectivity index (χ3v) is 3.64.